The molecule has 1 aliphatic heterocycles. The highest BCUT2D eigenvalue weighted by molar-refractivity contribution is 5.97. The van der Waals surface area contributed by atoms with Gasteiger partial charge in [-0.1, -0.05) is 30.5 Å². The highest BCUT2D eigenvalue weighted by atomic mass is 16.5. The predicted molar refractivity (Wildman–Crippen MR) is 127 cm³/mol. The van der Waals surface area contributed by atoms with E-state index >= 15 is 0 Å². The fourth-order valence-corrected chi connectivity index (χ4v) is 4.83. The second kappa shape index (κ2) is 9.67. The number of anilines is 1. The summed E-state index contributed by atoms with van der Waals surface area (Å²) in [6, 6.07) is 15.0. The molecule has 1 saturated heterocycles. The molecule has 8 nitrogen and oxygen atoms in total. The average Bonchev–Trinajstić information content (AvgIpc) is 3.52. The first-order valence-corrected chi connectivity index (χ1v) is 11.8. The number of ether oxygens (including phenoxy) is 1. The Hall–Kier alpha value is -3.68. The zero-order valence-corrected chi connectivity index (χ0v) is 19.2. The molecule has 0 spiro atoms. The predicted octanol–water partition coefficient (Wildman–Crippen LogP) is 4.53. The smallest absolute Gasteiger partial charge is 0.258 e. The number of hydrogen-bond acceptors (Lipinski definition) is 6. The molecule has 8 heteroatoms. The molecule has 3 aromatic rings. The number of nitrogens with zero attached hydrogens (tertiary/aromatic N) is 3. The van der Waals surface area contributed by atoms with Crippen molar-refractivity contribution in [2.45, 2.75) is 44.6 Å². The van der Waals surface area contributed by atoms with Gasteiger partial charge in [0, 0.05) is 35.8 Å². The molecule has 2 heterocycles. The molecule has 1 aliphatic carbocycles. The van der Waals surface area contributed by atoms with E-state index in [2.05, 4.69) is 15.5 Å². The van der Waals surface area contributed by atoms with Crippen molar-refractivity contribution >= 4 is 17.5 Å². The van der Waals surface area contributed by atoms with Crippen molar-refractivity contribution in [2.75, 3.05) is 19.0 Å². The van der Waals surface area contributed by atoms with Crippen molar-refractivity contribution < 1.29 is 18.8 Å². The molecule has 1 unspecified atom stereocenters. The van der Waals surface area contributed by atoms with Gasteiger partial charge < -0.3 is 19.5 Å². The van der Waals surface area contributed by atoms with Gasteiger partial charge in [0.1, 0.15) is 5.75 Å². The SMILES string of the molecule is COc1ccc(-c2noc(-c3cccc(NC(=O)C4CC(=O)N(C5CCCCC5)C4)c3)n2)cc1. The molecular weight excluding hydrogens is 432 g/mol. The van der Waals surface area contributed by atoms with Gasteiger partial charge in [-0.15, -0.1) is 0 Å². The Morgan fingerprint density at radius 1 is 1.09 bits per heavy atom. The van der Waals surface area contributed by atoms with Crippen LogP contribution >= 0.6 is 0 Å². The Kier molecular flexibility index (Phi) is 6.29. The van der Waals surface area contributed by atoms with E-state index in [4.69, 9.17) is 9.26 Å². The van der Waals surface area contributed by atoms with Crippen LogP contribution in [0.1, 0.15) is 38.5 Å². The first-order chi connectivity index (χ1) is 16.6. The summed E-state index contributed by atoms with van der Waals surface area (Å²) < 4.78 is 10.6. The van der Waals surface area contributed by atoms with Gasteiger partial charge in [0.25, 0.3) is 5.89 Å². The summed E-state index contributed by atoms with van der Waals surface area (Å²) in [5.41, 5.74) is 2.15. The van der Waals surface area contributed by atoms with Gasteiger partial charge >= 0.3 is 0 Å². The van der Waals surface area contributed by atoms with Crippen LogP contribution in [0.4, 0.5) is 5.69 Å². The summed E-state index contributed by atoms with van der Waals surface area (Å²) in [5, 5.41) is 7.04. The molecule has 0 bridgehead atoms. The Morgan fingerprint density at radius 3 is 2.65 bits per heavy atom. The molecule has 1 N–H and O–H groups in total. The third-order valence-electron chi connectivity index (χ3n) is 6.70. The number of nitrogens with one attached hydrogen (secondary N) is 1. The lowest BCUT2D eigenvalue weighted by molar-refractivity contribution is -0.130. The second-order valence-corrected chi connectivity index (χ2v) is 8.96. The van der Waals surface area contributed by atoms with Crippen LogP contribution in [0.3, 0.4) is 0 Å². The van der Waals surface area contributed by atoms with Crippen molar-refractivity contribution in [3.8, 4) is 28.6 Å². The maximum Gasteiger partial charge on any atom is 0.258 e. The summed E-state index contributed by atoms with van der Waals surface area (Å²) in [6.07, 6.45) is 5.93. The lowest BCUT2D eigenvalue weighted by Crippen LogP contribution is -2.38. The third-order valence-corrected chi connectivity index (χ3v) is 6.70. The fraction of sp³-hybridized carbons (Fsp3) is 0.385. The number of rotatable bonds is 6. The van der Waals surface area contributed by atoms with E-state index in [0.717, 1.165) is 37.0 Å². The molecule has 176 valence electrons. The van der Waals surface area contributed by atoms with E-state index in [1.165, 1.54) is 6.42 Å². The molecule has 2 aromatic carbocycles. The second-order valence-electron chi connectivity index (χ2n) is 8.96. The quantitative estimate of drug-likeness (QED) is 0.580. The van der Waals surface area contributed by atoms with Crippen LogP contribution in [-0.2, 0) is 9.59 Å². The van der Waals surface area contributed by atoms with Crippen LogP contribution in [0.5, 0.6) is 5.75 Å². The largest absolute Gasteiger partial charge is 0.497 e. The van der Waals surface area contributed by atoms with Gasteiger partial charge in [-0.3, -0.25) is 9.59 Å². The zero-order valence-electron chi connectivity index (χ0n) is 19.2. The number of hydrogen-bond donors (Lipinski definition) is 1. The number of likely N-dealkylation sites (tertiary alicyclic amines) is 1. The van der Waals surface area contributed by atoms with Crippen molar-refractivity contribution in [1.29, 1.82) is 0 Å². The molecule has 2 fully saturated rings. The molecule has 2 aliphatic rings. The Morgan fingerprint density at radius 2 is 1.88 bits per heavy atom. The summed E-state index contributed by atoms with van der Waals surface area (Å²) >= 11 is 0. The van der Waals surface area contributed by atoms with Crippen LogP contribution < -0.4 is 10.1 Å². The molecule has 2 amide bonds. The molecule has 34 heavy (non-hydrogen) atoms. The standard InChI is InChI=1S/C26H28N4O4/c1-33-22-12-10-17(11-13-22)24-28-26(34-29-24)18-6-5-7-20(14-18)27-25(32)19-15-23(31)30(16-19)21-8-3-2-4-9-21/h5-7,10-14,19,21H,2-4,8-9,15-16H2,1H3,(H,27,32). The lowest BCUT2D eigenvalue weighted by Gasteiger charge is -2.31. The topological polar surface area (TPSA) is 97.6 Å². The molecule has 0 radical (unpaired) electrons. The Labute approximate surface area is 198 Å². The number of carbonyl (C=O) groups is 2. The minimum atomic E-state index is -0.330. The first-order valence-electron chi connectivity index (χ1n) is 11.8. The van der Waals surface area contributed by atoms with E-state index in [-0.39, 0.29) is 24.2 Å². The molecular formula is C26H28N4O4. The number of carbonyl (C=O) groups excluding carboxylic acids is 2. The van der Waals surface area contributed by atoms with E-state index in [1.807, 2.05) is 47.4 Å². The molecule has 5 rings (SSSR count). The number of benzene rings is 2. The summed E-state index contributed by atoms with van der Waals surface area (Å²) in [4.78, 5) is 31.9. The van der Waals surface area contributed by atoms with E-state index in [1.54, 1.807) is 13.2 Å². The third kappa shape index (κ3) is 4.66. The molecule has 1 atom stereocenters. The van der Waals surface area contributed by atoms with Gasteiger partial charge in [0.2, 0.25) is 17.6 Å². The lowest BCUT2D eigenvalue weighted by atomic mass is 9.94. The summed E-state index contributed by atoms with van der Waals surface area (Å²) in [5.74, 6) is 1.22. The van der Waals surface area contributed by atoms with Crippen LogP contribution in [0.25, 0.3) is 22.8 Å². The first kappa shape index (κ1) is 22.1. The van der Waals surface area contributed by atoms with E-state index in [0.29, 0.717) is 35.6 Å². The highest BCUT2D eigenvalue weighted by Crippen LogP contribution is 2.30. The van der Waals surface area contributed by atoms with Crippen LogP contribution in [0, 0.1) is 5.92 Å². The van der Waals surface area contributed by atoms with Crippen LogP contribution in [0.2, 0.25) is 0 Å². The van der Waals surface area contributed by atoms with Gasteiger partial charge in [-0.05, 0) is 55.3 Å². The van der Waals surface area contributed by atoms with Crippen molar-refractivity contribution in [3.05, 3.63) is 48.5 Å². The molecule has 1 saturated carbocycles. The van der Waals surface area contributed by atoms with E-state index in [9.17, 15) is 9.59 Å². The van der Waals surface area contributed by atoms with Gasteiger partial charge in [0.15, 0.2) is 0 Å². The maximum absolute atomic E-state index is 12.9. The zero-order chi connectivity index (χ0) is 23.5. The Balaban J connectivity index is 1.25. The Bertz CT molecular complexity index is 1170. The van der Waals surface area contributed by atoms with Crippen molar-refractivity contribution in [3.63, 3.8) is 0 Å². The monoisotopic (exact) mass is 460 g/mol. The van der Waals surface area contributed by atoms with Crippen LogP contribution in [0.15, 0.2) is 53.1 Å². The number of amides is 2. The minimum Gasteiger partial charge on any atom is -0.497 e. The van der Waals surface area contributed by atoms with Crippen LogP contribution in [-0.4, -0.2) is 46.6 Å². The average molecular weight is 461 g/mol. The highest BCUT2D eigenvalue weighted by Gasteiger charge is 2.38. The number of aromatic nitrogens is 2. The fourth-order valence-electron chi connectivity index (χ4n) is 4.83. The summed E-state index contributed by atoms with van der Waals surface area (Å²) in [7, 11) is 1.62. The van der Waals surface area contributed by atoms with Crippen molar-refractivity contribution in [2.24, 2.45) is 5.92 Å². The summed E-state index contributed by atoms with van der Waals surface area (Å²) in [6.45, 7) is 0.504. The van der Waals surface area contributed by atoms with Crippen molar-refractivity contribution in [1.82, 2.24) is 15.0 Å². The number of methoxy groups -OCH3 is 1. The molecule has 1 aromatic heterocycles. The van der Waals surface area contributed by atoms with Gasteiger partial charge in [-0.2, -0.15) is 4.98 Å². The van der Waals surface area contributed by atoms with Gasteiger partial charge in [-0.25, -0.2) is 0 Å². The normalized spacial score (nSPS) is 18.8. The maximum atomic E-state index is 12.9. The minimum absolute atomic E-state index is 0.0951. The van der Waals surface area contributed by atoms with E-state index < -0.39 is 0 Å². The van der Waals surface area contributed by atoms with Gasteiger partial charge in [0.05, 0.1) is 13.0 Å².